The van der Waals surface area contributed by atoms with E-state index in [9.17, 15) is 4.79 Å². The first-order valence-corrected chi connectivity index (χ1v) is 8.30. The largest absolute Gasteiger partial charge is 0.351 e. The van der Waals surface area contributed by atoms with Crippen molar-refractivity contribution in [1.29, 1.82) is 0 Å². The zero-order valence-corrected chi connectivity index (χ0v) is 12.4. The number of nitrogens with zero attached hydrogens (tertiary/aromatic N) is 2. The number of piperidine rings is 1. The minimum atomic E-state index is -0.490. The van der Waals surface area contributed by atoms with Gasteiger partial charge in [-0.3, -0.25) is 9.48 Å². The Bertz CT molecular complexity index is 506. The third-order valence-corrected chi connectivity index (χ3v) is 5.85. The van der Waals surface area contributed by atoms with Crippen LogP contribution in [0.5, 0.6) is 0 Å². The molecule has 0 aromatic carbocycles. The Kier molecular flexibility index (Phi) is 3.25. The minimum absolute atomic E-state index is 0.185. The van der Waals surface area contributed by atoms with Crippen molar-refractivity contribution in [3.05, 3.63) is 18.5 Å². The summed E-state index contributed by atoms with van der Waals surface area (Å²) in [7, 11) is 0. The van der Waals surface area contributed by atoms with Gasteiger partial charge in [0.15, 0.2) is 0 Å². The number of hydrogen-bond acceptors (Lipinski definition) is 3. The van der Waals surface area contributed by atoms with Crippen LogP contribution in [-0.2, 0) is 10.3 Å². The number of carbonyl (C=O) groups is 1. The summed E-state index contributed by atoms with van der Waals surface area (Å²) in [5.41, 5.74) is -0.490. The van der Waals surface area contributed by atoms with Crippen LogP contribution in [0.15, 0.2) is 18.5 Å². The maximum Gasteiger partial charge on any atom is 0.248 e. The van der Waals surface area contributed by atoms with Crippen LogP contribution in [0.2, 0.25) is 0 Å². The fraction of sp³-hybridized carbons (Fsp3) is 0.750. The van der Waals surface area contributed by atoms with E-state index in [0.717, 1.165) is 37.8 Å². The molecule has 1 aliphatic heterocycles. The van der Waals surface area contributed by atoms with E-state index in [-0.39, 0.29) is 5.91 Å². The maximum atomic E-state index is 13.1. The number of nitrogens with one attached hydrogen (secondary N) is 2. The van der Waals surface area contributed by atoms with Crippen LogP contribution >= 0.6 is 0 Å². The molecule has 5 nitrogen and oxygen atoms in total. The fourth-order valence-corrected chi connectivity index (χ4v) is 4.65. The summed E-state index contributed by atoms with van der Waals surface area (Å²) in [6, 6.07) is 2.31. The summed E-state index contributed by atoms with van der Waals surface area (Å²) < 4.78 is 1.89. The predicted molar refractivity (Wildman–Crippen MR) is 79.7 cm³/mol. The molecule has 1 amide bonds. The number of aromatic nitrogens is 2. The van der Waals surface area contributed by atoms with Gasteiger partial charge in [-0.05, 0) is 63.1 Å². The highest BCUT2D eigenvalue weighted by Crippen LogP contribution is 2.44. The molecule has 2 heterocycles. The lowest BCUT2D eigenvalue weighted by Gasteiger charge is -2.38. The number of rotatable bonds is 3. The highest BCUT2D eigenvalue weighted by molar-refractivity contribution is 5.85. The van der Waals surface area contributed by atoms with Gasteiger partial charge in [-0.15, -0.1) is 0 Å². The first-order chi connectivity index (χ1) is 10.3. The second-order valence-electron chi connectivity index (χ2n) is 6.99. The summed E-state index contributed by atoms with van der Waals surface area (Å²) in [4.78, 5) is 13.1. The minimum Gasteiger partial charge on any atom is -0.351 e. The molecule has 3 atom stereocenters. The van der Waals surface area contributed by atoms with Gasteiger partial charge in [0.05, 0.1) is 0 Å². The second kappa shape index (κ2) is 5.13. The normalized spacial score (nSPS) is 34.0. The lowest BCUT2D eigenvalue weighted by atomic mass is 9.86. The Hall–Kier alpha value is -1.36. The molecule has 2 N–H and O–H groups in total. The van der Waals surface area contributed by atoms with Crippen molar-refractivity contribution >= 4 is 5.91 Å². The third kappa shape index (κ3) is 2.18. The number of amides is 1. The van der Waals surface area contributed by atoms with Crippen LogP contribution in [0.3, 0.4) is 0 Å². The van der Waals surface area contributed by atoms with E-state index in [1.54, 1.807) is 6.20 Å². The van der Waals surface area contributed by atoms with Crippen LogP contribution in [0, 0.1) is 11.8 Å². The topological polar surface area (TPSA) is 59.0 Å². The monoisotopic (exact) mass is 288 g/mol. The van der Waals surface area contributed by atoms with Crippen LogP contribution < -0.4 is 10.6 Å². The zero-order valence-electron chi connectivity index (χ0n) is 12.4. The van der Waals surface area contributed by atoms with E-state index in [1.807, 2.05) is 16.9 Å². The average Bonchev–Trinajstić information content (AvgIpc) is 3.25. The molecule has 0 spiro atoms. The smallest absolute Gasteiger partial charge is 0.248 e. The predicted octanol–water partition coefficient (Wildman–Crippen LogP) is 1.27. The van der Waals surface area contributed by atoms with Crippen molar-refractivity contribution in [2.24, 2.45) is 11.8 Å². The van der Waals surface area contributed by atoms with E-state index in [0.29, 0.717) is 6.04 Å². The molecule has 114 valence electrons. The van der Waals surface area contributed by atoms with E-state index in [1.165, 1.54) is 25.7 Å². The summed E-state index contributed by atoms with van der Waals surface area (Å²) in [6.07, 6.45) is 10.5. The van der Waals surface area contributed by atoms with Crippen molar-refractivity contribution in [1.82, 2.24) is 20.4 Å². The maximum absolute atomic E-state index is 13.1. The Morgan fingerprint density at radius 2 is 2.14 bits per heavy atom. The fourth-order valence-electron chi connectivity index (χ4n) is 4.65. The van der Waals surface area contributed by atoms with Crippen LogP contribution in [0.25, 0.3) is 0 Å². The van der Waals surface area contributed by atoms with Crippen LogP contribution in [0.4, 0.5) is 0 Å². The molecule has 1 aromatic rings. The quantitative estimate of drug-likeness (QED) is 0.880. The number of carbonyl (C=O) groups excluding carboxylic acids is 1. The van der Waals surface area contributed by atoms with Crippen molar-refractivity contribution < 1.29 is 4.79 Å². The lowest BCUT2D eigenvalue weighted by molar-refractivity contribution is -0.133. The molecule has 2 saturated carbocycles. The van der Waals surface area contributed by atoms with E-state index >= 15 is 0 Å². The Balaban J connectivity index is 1.54. The van der Waals surface area contributed by atoms with Gasteiger partial charge in [0.25, 0.3) is 0 Å². The molecule has 1 saturated heterocycles. The van der Waals surface area contributed by atoms with E-state index in [2.05, 4.69) is 15.7 Å². The summed E-state index contributed by atoms with van der Waals surface area (Å²) >= 11 is 0. The van der Waals surface area contributed by atoms with Gasteiger partial charge < -0.3 is 10.6 Å². The zero-order chi connectivity index (χ0) is 14.3. The SMILES string of the molecule is O=C(NC1CC2CCC1C2)C1(n2cccn2)CCNCC1. The van der Waals surface area contributed by atoms with E-state index < -0.39 is 5.54 Å². The Morgan fingerprint density at radius 1 is 1.29 bits per heavy atom. The summed E-state index contributed by atoms with van der Waals surface area (Å²) in [5, 5.41) is 11.1. The molecule has 1 aromatic heterocycles. The summed E-state index contributed by atoms with van der Waals surface area (Å²) in [5.74, 6) is 1.76. The molecule has 3 fully saturated rings. The van der Waals surface area contributed by atoms with Crippen LogP contribution in [-0.4, -0.2) is 34.8 Å². The van der Waals surface area contributed by atoms with Gasteiger partial charge in [-0.2, -0.15) is 5.10 Å². The standard InChI is InChI=1S/C16H24N4O/c21-15(19-14-11-12-2-3-13(14)10-12)16(4-7-17-8-5-16)20-9-1-6-18-20/h1,6,9,12-14,17H,2-5,7-8,10-11H2,(H,19,21). The van der Waals surface area contributed by atoms with Crippen LogP contribution in [0.1, 0.15) is 38.5 Å². The molecule has 5 heteroatoms. The number of hydrogen-bond donors (Lipinski definition) is 2. The molecule has 21 heavy (non-hydrogen) atoms. The van der Waals surface area contributed by atoms with Gasteiger partial charge in [0, 0.05) is 18.4 Å². The molecule has 4 rings (SSSR count). The van der Waals surface area contributed by atoms with E-state index in [4.69, 9.17) is 0 Å². The first-order valence-electron chi connectivity index (χ1n) is 8.30. The van der Waals surface area contributed by atoms with Gasteiger partial charge in [0.1, 0.15) is 5.54 Å². The van der Waals surface area contributed by atoms with Crippen molar-refractivity contribution in [3.8, 4) is 0 Å². The van der Waals surface area contributed by atoms with Crippen molar-refractivity contribution in [3.63, 3.8) is 0 Å². The molecule has 3 unspecified atom stereocenters. The Labute approximate surface area is 125 Å². The van der Waals surface area contributed by atoms with Crippen molar-refractivity contribution in [2.75, 3.05) is 13.1 Å². The molecule has 2 aliphatic carbocycles. The first kappa shape index (κ1) is 13.3. The molecule has 3 aliphatic rings. The van der Waals surface area contributed by atoms with Gasteiger partial charge >= 0.3 is 0 Å². The number of fused-ring (bicyclic) bond motifs is 2. The molecular formula is C16H24N4O. The lowest BCUT2D eigenvalue weighted by Crippen LogP contribution is -2.57. The third-order valence-electron chi connectivity index (χ3n) is 5.85. The van der Waals surface area contributed by atoms with Gasteiger partial charge in [0.2, 0.25) is 5.91 Å². The highest BCUT2D eigenvalue weighted by atomic mass is 16.2. The van der Waals surface area contributed by atoms with Gasteiger partial charge in [-0.1, -0.05) is 6.42 Å². The molecule has 2 bridgehead atoms. The molecular weight excluding hydrogens is 264 g/mol. The highest BCUT2D eigenvalue weighted by Gasteiger charge is 2.46. The average molecular weight is 288 g/mol. The van der Waals surface area contributed by atoms with Crippen molar-refractivity contribution in [2.45, 2.75) is 50.1 Å². The summed E-state index contributed by atoms with van der Waals surface area (Å²) in [6.45, 7) is 1.76. The Morgan fingerprint density at radius 3 is 2.76 bits per heavy atom. The second-order valence-corrected chi connectivity index (χ2v) is 6.99. The molecule has 0 radical (unpaired) electrons. The van der Waals surface area contributed by atoms with Gasteiger partial charge in [-0.25, -0.2) is 0 Å².